The van der Waals surface area contributed by atoms with Crippen molar-refractivity contribution < 1.29 is 0 Å². The molecule has 112 valence electrons. The third-order valence-corrected chi connectivity index (χ3v) is 4.07. The van der Waals surface area contributed by atoms with Gasteiger partial charge in [-0.3, -0.25) is 0 Å². The summed E-state index contributed by atoms with van der Waals surface area (Å²) in [6.07, 6.45) is 15.9. The van der Waals surface area contributed by atoms with E-state index >= 15 is 0 Å². The lowest BCUT2D eigenvalue weighted by molar-refractivity contribution is 0.377. The first-order valence-electron chi connectivity index (χ1n) is 7.66. The van der Waals surface area contributed by atoms with Gasteiger partial charge in [-0.1, -0.05) is 55.4 Å². The zero-order valence-corrected chi connectivity index (χ0v) is 14.0. The molecule has 1 nitrogen and oxygen atoms in total. The van der Waals surface area contributed by atoms with Crippen molar-refractivity contribution in [1.29, 1.82) is 5.26 Å². The molecule has 0 saturated heterocycles. The van der Waals surface area contributed by atoms with Gasteiger partial charge in [0.05, 0.1) is 6.07 Å². The van der Waals surface area contributed by atoms with E-state index in [1.54, 1.807) is 6.08 Å². The van der Waals surface area contributed by atoms with Crippen LogP contribution in [-0.4, -0.2) is 0 Å². The summed E-state index contributed by atoms with van der Waals surface area (Å²) in [5, 5.41) is 8.56. The van der Waals surface area contributed by atoms with E-state index in [1.807, 2.05) is 25.1 Å². The van der Waals surface area contributed by atoms with E-state index in [1.165, 1.54) is 36.0 Å². The van der Waals surface area contributed by atoms with Gasteiger partial charge in [0.15, 0.2) is 0 Å². The van der Waals surface area contributed by atoms with Crippen LogP contribution in [0, 0.1) is 16.7 Å². The molecule has 0 bridgehead atoms. The second kappa shape index (κ2) is 7.84. The zero-order chi connectivity index (χ0) is 15.9. The first kappa shape index (κ1) is 17.2. The van der Waals surface area contributed by atoms with Gasteiger partial charge in [-0.05, 0) is 56.6 Å². The Morgan fingerprint density at radius 2 is 1.90 bits per heavy atom. The quantitative estimate of drug-likeness (QED) is 0.455. The molecule has 0 radical (unpaired) electrons. The van der Waals surface area contributed by atoms with Crippen molar-refractivity contribution in [2.24, 2.45) is 5.41 Å². The van der Waals surface area contributed by atoms with Crippen LogP contribution >= 0.6 is 0 Å². The summed E-state index contributed by atoms with van der Waals surface area (Å²) in [7, 11) is 0. The maximum Gasteiger partial charge on any atom is 0.0914 e. The summed E-state index contributed by atoms with van der Waals surface area (Å²) in [6.45, 7) is 11.0. The number of nitriles is 1. The molecule has 21 heavy (non-hydrogen) atoms. The molecule has 0 fully saturated rings. The molecule has 1 aliphatic rings. The van der Waals surface area contributed by atoms with Crippen molar-refractivity contribution in [3.63, 3.8) is 0 Å². The highest BCUT2D eigenvalue weighted by Crippen LogP contribution is 2.40. The van der Waals surface area contributed by atoms with Crippen LogP contribution in [0.2, 0.25) is 0 Å². The van der Waals surface area contributed by atoms with E-state index in [9.17, 15) is 0 Å². The van der Waals surface area contributed by atoms with Crippen molar-refractivity contribution in [2.75, 3.05) is 0 Å². The van der Waals surface area contributed by atoms with Crippen LogP contribution < -0.4 is 0 Å². The molecular weight excluding hydrogens is 254 g/mol. The Bertz CT molecular complexity index is 557. The molecule has 0 atom stereocenters. The van der Waals surface area contributed by atoms with Crippen LogP contribution in [0.3, 0.4) is 0 Å². The molecule has 0 aliphatic heterocycles. The number of rotatable bonds is 4. The molecule has 0 amide bonds. The van der Waals surface area contributed by atoms with Crippen LogP contribution in [0.25, 0.3) is 0 Å². The molecule has 1 heteroatoms. The average Bonchev–Trinajstić information content (AvgIpc) is 2.37. The molecule has 0 heterocycles. The van der Waals surface area contributed by atoms with Gasteiger partial charge in [-0.2, -0.15) is 5.26 Å². The summed E-state index contributed by atoms with van der Waals surface area (Å²) < 4.78 is 0. The molecule has 0 saturated carbocycles. The summed E-state index contributed by atoms with van der Waals surface area (Å²) in [6, 6.07) is 2.03. The van der Waals surface area contributed by atoms with Crippen molar-refractivity contribution >= 4 is 0 Å². The third kappa shape index (κ3) is 5.60. The Morgan fingerprint density at radius 3 is 2.52 bits per heavy atom. The number of hydrogen-bond acceptors (Lipinski definition) is 1. The maximum absolute atomic E-state index is 8.56. The van der Waals surface area contributed by atoms with Gasteiger partial charge in [-0.15, -0.1) is 0 Å². The minimum atomic E-state index is 0.293. The van der Waals surface area contributed by atoms with Crippen LogP contribution in [0.15, 0.2) is 58.7 Å². The Hall–Kier alpha value is -1.81. The maximum atomic E-state index is 8.56. The largest absolute Gasteiger partial charge is 0.193 e. The van der Waals surface area contributed by atoms with E-state index < -0.39 is 0 Å². The summed E-state index contributed by atoms with van der Waals surface area (Å²) in [4.78, 5) is 0. The first-order valence-corrected chi connectivity index (χ1v) is 7.66. The molecule has 0 N–H and O–H groups in total. The number of allylic oxidation sites excluding steroid dienone is 10. The topological polar surface area (TPSA) is 23.8 Å². The van der Waals surface area contributed by atoms with Gasteiger partial charge in [0.1, 0.15) is 0 Å². The van der Waals surface area contributed by atoms with E-state index in [-0.39, 0.29) is 0 Å². The summed E-state index contributed by atoms with van der Waals surface area (Å²) in [5.74, 6) is 0. The highest BCUT2D eigenvalue weighted by molar-refractivity contribution is 5.37. The first-order chi connectivity index (χ1) is 9.86. The van der Waals surface area contributed by atoms with Crippen molar-refractivity contribution in [1.82, 2.24) is 0 Å². The van der Waals surface area contributed by atoms with Gasteiger partial charge in [0, 0.05) is 6.08 Å². The van der Waals surface area contributed by atoms with Crippen molar-refractivity contribution in [2.45, 2.75) is 53.9 Å². The van der Waals surface area contributed by atoms with E-state index in [4.69, 9.17) is 5.26 Å². The fourth-order valence-electron chi connectivity index (χ4n) is 2.78. The van der Waals surface area contributed by atoms with Gasteiger partial charge in [-0.25, -0.2) is 0 Å². The SMILES string of the molecule is CC1=C(\C=C/C(C)=C\C=C/C(C)=C/C#N)C(C)(C)CCC1. The highest BCUT2D eigenvalue weighted by atomic mass is 14.3. The summed E-state index contributed by atoms with van der Waals surface area (Å²) in [5.41, 5.74) is 5.50. The fourth-order valence-corrected chi connectivity index (χ4v) is 2.78. The Morgan fingerprint density at radius 1 is 1.19 bits per heavy atom. The predicted molar refractivity (Wildman–Crippen MR) is 91.7 cm³/mol. The molecule has 0 spiro atoms. The van der Waals surface area contributed by atoms with Gasteiger partial charge < -0.3 is 0 Å². The minimum Gasteiger partial charge on any atom is -0.193 e. The molecule has 1 rings (SSSR count). The van der Waals surface area contributed by atoms with E-state index in [2.05, 4.69) is 45.9 Å². The van der Waals surface area contributed by atoms with Crippen LogP contribution in [-0.2, 0) is 0 Å². The van der Waals surface area contributed by atoms with Crippen LogP contribution in [0.5, 0.6) is 0 Å². The predicted octanol–water partition coefficient (Wildman–Crippen LogP) is 6.04. The van der Waals surface area contributed by atoms with Crippen molar-refractivity contribution in [3.05, 3.63) is 58.7 Å². The lowest BCUT2D eigenvalue weighted by Crippen LogP contribution is -2.19. The molecular formula is C20H27N. The number of nitrogens with zero attached hydrogens (tertiary/aromatic N) is 1. The molecule has 0 aromatic rings. The highest BCUT2D eigenvalue weighted by Gasteiger charge is 2.26. The fraction of sp³-hybridized carbons (Fsp3) is 0.450. The lowest BCUT2D eigenvalue weighted by Gasteiger charge is -2.32. The second-order valence-electron chi connectivity index (χ2n) is 6.55. The van der Waals surface area contributed by atoms with E-state index in [0.29, 0.717) is 5.41 Å². The molecule has 1 aliphatic carbocycles. The second-order valence-corrected chi connectivity index (χ2v) is 6.55. The molecule has 0 unspecified atom stereocenters. The Kier molecular flexibility index (Phi) is 6.43. The van der Waals surface area contributed by atoms with Gasteiger partial charge >= 0.3 is 0 Å². The zero-order valence-electron chi connectivity index (χ0n) is 14.0. The average molecular weight is 281 g/mol. The standard InChI is InChI=1S/C20H27N/c1-16(8-6-9-17(2)13-15-21)11-12-19-18(3)10-7-14-20(19,4)5/h6,8-9,11-13H,7,10,14H2,1-5H3/b9-6-,12-11-,16-8-,17-13+. The monoisotopic (exact) mass is 281 g/mol. The van der Waals surface area contributed by atoms with Gasteiger partial charge in [0.25, 0.3) is 0 Å². The molecule has 0 aromatic carbocycles. The van der Waals surface area contributed by atoms with E-state index in [0.717, 1.165) is 5.57 Å². The Balaban J connectivity index is 2.80. The lowest BCUT2D eigenvalue weighted by atomic mass is 9.72. The third-order valence-electron chi connectivity index (χ3n) is 4.07. The number of hydrogen-bond donors (Lipinski definition) is 0. The smallest absolute Gasteiger partial charge is 0.0914 e. The van der Waals surface area contributed by atoms with Crippen LogP contribution in [0.4, 0.5) is 0 Å². The van der Waals surface area contributed by atoms with Crippen LogP contribution in [0.1, 0.15) is 53.9 Å². The minimum absolute atomic E-state index is 0.293. The summed E-state index contributed by atoms with van der Waals surface area (Å²) >= 11 is 0. The molecule has 0 aromatic heterocycles. The Labute approximate surface area is 130 Å². The normalized spacial score (nSPS) is 20.4. The van der Waals surface area contributed by atoms with Crippen molar-refractivity contribution in [3.8, 4) is 6.07 Å². The van der Waals surface area contributed by atoms with Gasteiger partial charge in [0.2, 0.25) is 0 Å².